The molecule has 144 valence electrons. The van der Waals surface area contributed by atoms with Gasteiger partial charge in [0.1, 0.15) is 5.69 Å². The SMILES string of the molecule is CSc1ccc(CN/C(C=O)=N/c2c(C)nc(Cl)nc2N(C)C(C)C)nc1. The van der Waals surface area contributed by atoms with Gasteiger partial charge in [-0.3, -0.25) is 9.78 Å². The van der Waals surface area contributed by atoms with E-state index in [0.29, 0.717) is 30.0 Å². The van der Waals surface area contributed by atoms with E-state index in [-0.39, 0.29) is 17.2 Å². The van der Waals surface area contributed by atoms with Gasteiger partial charge in [-0.25, -0.2) is 9.98 Å². The Balaban J connectivity index is 2.29. The molecule has 0 aliphatic carbocycles. The van der Waals surface area contributed by atoms with Crippen LogP contribution in [0.2, 0.25) is 5.28 Å². The number of hydrogen-bond acceptors (Lipinski definition) is 7. The number of anilines is 1. The van der Waals surface area contributed by atoms with Crippen molar-refractivity contribution in [2.24, 2.45) is 4.99 Å². The molecule has 0 atom stereocenters. The number of hydrogen-bond donors (Lipinski definition) is 1. The van der Waals surface area contributed by atoms with E-state index in [1.807, 2.05) is 44.2 Å². The molecule has 9 heteroatoms. The van der Waals surface area contributed by atoms with Crippen LogP contribution in [0.5, 0.6) is 0 Å². The summed E-state index contributed by atoms with van der Waals surface area (Å²) >= 11 is 7.64. The normalized spacial score (nSPS) is 11.6. The third-order valence-corrected chi connectivity index (χ3v) is 4.83. The molecule has 0 amide bonds. The van der Waals surface area contributed by atoms with Crippen LogP contribution in [0.4, 0.5) is 11.5 Å². The van der Waals surface area contributed by atoms with E-state index >= 15 is 0 Å². The summed E-state index contributed by atoms with van der Waals surface area (Å²) in [6, 6.07) is 4.07. The summed E-state index contributed by atoms with van der Waals surface area (Å²) in [6.45, 7) is 6.23. The van der Waals surface area contributed by atoms with Crippen LogP contribution >= 0.6 is 23.4 Å². The number of halogens is 1. The van der Waals surface area contributed by atoms with Crippen LogP contribution < -0.4 is 10.2 Å². The number of carbonyl (C=O) groups excluding carboxylic acids is 1. The highest BCUT2D eigenvalue weighted by Crippen LogP contribution is 2.31. The molecule has 0 bridgehead atoms. The average Bonchev–Trinajstić information content (AvgIpc) is 2.65. The maximum absolute atomic E-state index is 11.5. The quantitative estimate of drug-likeness (QED) is 0.248. The summed E-state index contributed by atoms with van der Waals surface area (Å²) in [5.41, 5.74) is 1.92. The Bertz CT molecular complexity index is 825. The Kier molecular flexibility index (Phi) is 7.55. The number of thioether (sulfide) groups is 1. The molecule has 0 spiro atoms. The van der Waals surface area contributed by atoms with E-state index in [0.717, 1.165) is 10.6 Å². The number of aldehydes is 1. The molecule has 0 aliphatic heterocycles. The molecule has 0 unspecified atom stereocenters. The Morgan fingerprint density at radius 2 is 2.15 bits per heavy atom. The van der Waals surface area contributed by atoms with E-state index in [2.05, 4.69) is 25.3 Å². The first-order valence-electron chi connectivity index (χ1n) is 8.39. The van der Waals surface area contributed by atoms with Crippen LogP contribution in [-0.4, -0.2) is 46.4 Å². The number of nitrogens with zero attached hydrogens (tertiary/aromatic N) is 5. The third kappa shape index (κ3) is 5.64. The molecule has 1 N–H and O–H groups in total. The molecule has 0 aromatic carbocycles. The zero-order valence-electron chi connectivity index (χ0n) is 16.0. The Morgan fingerprint density at radius 1 is 1.41 bits per heavy atom. The summed E-state index contributed by atoms with van der Waals surface area (Å²) in [5, 5.41) is 3.16. The highest BCUT2D eigenvalue weighted by molar-refractivity contribution is 7.98. The lowest BCUT2D eigenvalue weighted by molar-refractivity contribution is -0.102. The number of carbonyl (C=O) groups is 1. The molecule has 2 aromatic heterocycles. The van der Waals surface area contributed by atoms with Crippen molar-refractivity contribution in [1.82, 2.24) is 20.3 Å². The van der Waals surface area contributed by atoms with Crippen LogP contribution in [0.25, 0.3) is 0 Å². The zero-order chi connectivity index (χ0) is 20.0. The van der Waals surface area contributed by atoms with Crippen molar-refractivity contribution in [1.29, 1.82) is 0 Å². The monoisotopic (exact) mass is 406 g/mol. The minimum Gasteiger partial charge on any atom is -0.362 e. The molecule has 27 heavy (non-hydrogen) atoms. The first-order valence-corrected chi connectivity index (χ1v) is 9.99. The van der Waals surface area contributed by atoms with Crippen molar-refractivity contribution in [3.8, 4) is 0 Å². The van der Waals surface area contributed by atoms with Gasteiger partial charge >= 0.3 is 0 Å². The predicted octanol–water partition coefficient (Wildman–Crippen LogP) is 3.42. The van der Waals surface area contributed by atoms with Gasteiger partial charge in [-0.05, 0) is 50.8 Å². The first kappa shape index (κ1) is 21.1. The van der Waals surface area contributed by atoms with Crippen LogP contribution in [0, 0.1) is 6.92 Å². The van der Waals surface area contributed by atoms with Crippen molar-refractivity contribution in [3.63, 3.8) is 0 Å². The minimum atomic E-state index is 0.146. The number of pyridine rings is 1. The summed E-state index contributed by atoms with van der Waals surface area (Å²) in [5.74, 6) is 0.754. The molecule has 2 rings (SSSR count). The molecule has 0 saturated heterocycles. The fourth-order valence-corrected chi connectivity index (χ4v) is 2.75. The van der Waals surface area contributed by atoms with Gasteiger partial charge in [0.25, 0.3) is 0 Å². The molecule has 7 nitrogen and oxygen atoms in total. The van der Waals surface area contributed by atoms with Gasteiger partial charge in [-0.15, -0.1) is 11.8 Å². The summed E-state index contributed by atoms with van der Waals surface area (Å²) in [6.07, 6.45) is 4.46. The Morgan fingerprint density at radius 3 is 2.70 bits per heavy atom. The number of nitrogens with one attached hydrogen (secondary N) is 1. The minimum absolute atomic E-state index is 0.146. The highest BCUT2D eigenvalue weighted by atomic mass is 35.5. The van der Waals surface area contributed by atoms with E-state index < -0.39 is 0 Å². The van der Waals surface area contributed by atoms with Gasteiger partial charge in [0.05, 0.1) is 17.9 Å². The molecule has 0 fully saturated rings. The van der Waals surface area contributed by atoms with Gasteiger partial charge < -0.3 is 10.2 Å². The fraction of sp³-hybridized carbons (Fsp3) is 0.389. The number of aromatic nitrogens is 3. The fourth-order valence-electron chi connectivity index (χ4n) is 2.19. The molecule has 0 radical (unpaired) electrons. The number of amidine groups is 1. The van der Waals surface area contributed by atoms with E-state index in [1.165, 1.54) is 0 Å². The van der Waals surface area contributed by atoms with Crippen molar-refractivity contribution in [2.45, 2.75) is 38.3 Å². The van der Waals surface area contributed by atoms with Gasteiger partial charge in [0, 0.05) is 24.2 Å². The smallest absolute Gasteiger partial charge is 0.224 e. The molecule has 0 saturated carbocycles. The van der Waals surface area contributed by atoms with Gasteiger partial charge in [-0.1, -0.05) is 0 Å². The predicted molar refractivity (Wildman–Crippen MR) is 111 cm³/mol. The van der Waals surface area contributed by atoms with Crippen LogP contribution in [0.1, 0.15) is 25.2 Å². The molecular weight excluding hydrogens is 384 g/mol. The topological polar surface area (TPSA) is 83.4 Å². The maximum Gasteiger partial charge on any atom is 0.224 e. The lowest BCUT2D eigenvalue weighted by Crippen LogP contribution is -2.28. The second-order valence-electron chi connectivity index (χ2n) is 6.11. The van der Waals surface area contributed by atoms with Gasteiger partial charge in [0.2, 0.25) is 5.28 Å². The Hall–Kier alpha value is -2.19. The average molecular weight is 407 g/mol. The highest BCUT2D eigenvalue weighted by Gasteiger charge is 2.17. The van der Waals surface area contributed by atoms with E-state index in [1.54, 1.807) is 24.9 Å². The van der Waals surface area contributed by atoms with Gasteiger partial charge in [0.15, 0.2) is 17.9 Å². The second kappa shape index (κ2) is 9.66. The summed E-state index contributed by atoms with van der Waals surface area (Å²) in [7, 11) is 1.90. The molecule has 0 aliphatic rings. The lowest BCUT2D eigenvalue weighted by Gasteiger charge is -2.24. The van der Waals surface area contributed by atoms with Crippen molar-refractivity contribution >= 4 is 47.0 Å². The lowest BCUT2D eigenvalue weighted by atomic mass is 10.3. The summed E-state index contributed by atoms with van der Waals surface area (Å²) in [4.78, 5) is 31.8. The largest absolute Gasteiger partial charge is 0.362 e. The molecule has 2 heterocycles. The number of rotatable bonds is 7. The maximum atomic E-state index is 11.5. The summed E-state index contributed by atoms with van der Waals surface area (Å²) < 4.78 is 0. The standard InChI is InChI=1S/C18H23ClN6OS/c1-11(2)25(4)17-16(12(3)22-18(19)24-17)23-15(10-26)21-8-13-6-7-14(27-5)9-20-13/h6-7,9-11H,8H2,1-5H3,(H,21,23). The number of aliphatic imine (C=N–C) groups is 1. The van der Waals surface area contributed by atoms with Crippen molar-refractivity contribution in [2.75, 3.05) is 18.2 Å². The molecular formula is C18H23ClN6OS. The van der Waals surface area contributed by atoms with E-state index in [9.17, 15) is 4.79 Å². The van der Waals surface area contributed by atoms with Crippen LogP contribution in [0.3, 0.4) is 0 Å². The molecule has 2 aromatic rings. The van der Waals surface area contributed by atoms with Gasteiger partial charge in [-0.2, -0.15) is 4.98 Å². The van der Waals surface area contributed by atoms with E-state index in [4.69, 9.17) is 11.6 Å². The van der Waals surface area contributed by atoms with Crippen molar-refractivity contribution < 1.29 is 4.79 Å². The van der Waals surface area contributed by atoms with Crippen molar-refractivity contribution in [3.05, 3.63) is 35.0 Å². The number of aryl methyl sites for hydroxylation is 1. The Labute approximate surface area is 168 Å². The third-order valence-electron chi connectivity index (χ3n) is 3.95. The second-order valence-corrected chi connectivity index (χ2v) is 7.33. The first-order chi connectivity index (χ1) is 12.8. The van der Waals surface area contributed by atoms with Crippen LogP contribution in [0.15, 0.2) is 28.2 Å². The zero-order valence-corrected chi connectivity index (χ0v) is 17.6. The van der Waals surface area contributed by atoms with Crippen LogP contribution in [-0.2, 0) is 11.3 Å².